The number of nitrogens with one attached hydrogen (secondary N) is 8. The Bertz CT molecular complexity index is 4270. The first kappa shape index (κ1) is 66.8. The molecule has 0 saturated carbocycles. The third kappa shape index (κ3) is 12.0. The first-order valence-corrected chi connectivity index (χ1v) is 32.8. The van der Waals surface area contributed by atoms with Gasteiger partial charge >= 0.3 is 18.1 Å². The first-order valence-electron chi connectivity index (χ1n) is 32.8. The molecule has 0 aliphatic carbocycles. The van der Waals surface area contributed by atoms with Crippen LogP contribution in [0.15, 0.2) is 134 Å². The predicted molar refractivity (Wildman–Crippen MR) is 355 cm³/mol. The number of amides is 14. The number of benzene rings is 5. The summed E-state index contributed by atoms with van der Waals surface area (Å²) in [5.41, 5.74) is 3.63. The van der Waals surface area contributed by atoms with E-state index in [1.54, 1.807) is 36.4 Å². The molecule has 15 rings (SSSR count). The molecule has 10 heterocycles. The molecule has 27 heteroatoms. The quantitative estimate of drug-likeness (QED) is 0.0996. The number of hydrogen-bond donors (Lipinski definition) is 8. The van der Waals surface area contributed by atoms with Crippen LogP contribution in [0.4, 0.5) is 35.8 Å². The topological polar surface area (TPSA) is 334 Å². The lowest BCUT2D eigenvalue weighted by Crippen LogP contribution is -2.75. The SMILES string of the molecule is C[C@@H]1CN2c3c(F)cc(C(=O)NCc4ccccc4)cc3CC3(C(=O)NC(=O)NC3=O)[C@H]2[C@H](C)O1.C[C@@H]1CN2c3ccc(-c4ccncc4)cc3CC3(C(=O)NC(=O)NC3=O)[C@H]2[C@H](C)O1.C[C@@H]1CN2c3ccc(C(=O)NCc4ccccc4)cc3CC3(C(=O)NC(=O)NC3=O)[C@H]2[C@H](C)O1. The van der Waals surface area contributed by atoms with Gasteiger partial charge in [-0.05, 0) is 148 Å². The van der Waals surface area contributed by atoms with Gasteiger partial charge in [-0.15, -0.1) is 0 Å². The fraction of sp³-hybridized carbons (Fsp3) is 0.361. The number of rotatable bonds is 7. The van der Waals surface area contributed by atoms with Crippen molar-refractivity contribution in [1.29, 1.82) is 0 Å². The molecule has 6 fully saturated rings. The lowest BCUT2D eigenvalue weighted by atomic mass is 9.66. The molecule has 5 aromatic carbocycles. The maximum absolute atomic E-state index is 15.6. The number of ether oxygens (including phenoxy) is 3. The number of halogens is 1. The molecule has 9 aliphatic rings. The van der Waals surface area contributed by atoms with Crippen LogP contribution in [0.1, 0.15) is 90.1 Å². The number of urea groups is 3. The average Bonchev–Trinajstić information content (AvgIpc) is 0.721. The second kappa shape index (κ2) is 26.2. The minimum atomic E-state index is -1.73. The number of anilines is 3. The third-order valence-electron chi connectivity index (χ3n) is 20.1. The normalized spacial score (nSPS) is 25.7. The van der Waals surface area contributed by atoms with Crippen molar-refractivity contribution in [2.24, 2.45) is 16.2 Å². The Morgan fingerprint density at radius 1 is 0.455 bits per heavy atom. The van der Waals surface area contributed by atoms with Gasteiger partial charge in [0, 0.05) is 74.0 Å². The molecule has 6 aromatic rings. The van der Waals surface area contributed by atoms with Crippen LogP contribution in [0.3, 0.4) is 0 Å². The Balaban J connectivity index is 0.000000134. The Kier molecular flexibility index (Phi) is 17.7. The summed E-state index contributed by atoms with van der Waals surface area (Å²) < 4.78 is 33.5. The van der Waals surface area contributed by atoms with Crippen molar-refractivity contribution in [3.05, 3.63) is 178 Å². The van der Waals surface area contributed by atoms with Gasteiger partial charge in [-0.2, -0.15) is 0 Å². The van der Waals surface area contributed by atoms with Crippen molar-refractivity contribution in [3.63, 3.8) is 0 Å². The van der Waals surface area contributed by atoms with Crippen molar-refractivity contribution >= 4 is 82.4 Å². The van der Waals surface area contributed by atoms with Crippen LogP contribution in [-0.4, -0.2) is 145 Å². The predicted octanol–water partition coefficient (Wildman–Crippen LogP) is 4.79. The minimum Gasteiger partial charge on any atom is -0.372 e. The van der Waals surface area contributed by atoms with E-state index in [4.69, 9.17) is 14.2 Å². The molecule has 9 aliphatic heterocycles. The highest BCUT2D eigenvalue weighted by Gasteiger charge is 2.66. The highest BCUT2D eigenvalue weighted by molar-refractivity contribution is 6.22. The van der Waals surface area contributed by atoms with E-state index >= 15 is 4.39 Å². The molecule has 26 nitrogen and oxygen atoms in total. The highest BCUT2D eigenvalue weighted by Crippen LogP contribution is 2.51. The molecule has 0 radical (unpaired) electrons. The van der Waals surface area contributed by atoms with Gasteiger partial charge in [0.25, 0.3) is 11.8 Å². The summed E-state index contributed by atoms with van der Waals surface area (Å²) in [7, 11) is 0. The lowest BCUT2D eigenvalue weighted by Gasteiger charge is -2.55. The van der Waals surface area contributed by atoms with E-state index in [9.17, 15) is 52.7 Å². The zero-order valence-electron chi connectivity index (χ0n) is 54.9. The molecular weight excluding hydrogens is 1280 g/mol. The summed E-state index contributed by atoms with van der Waals surface area (Å²) in [5.74, 6) is -5.33. The highest BCUT2D eigenvalue weighted by atomic mass is 19.1. The number of imide groups is 6. The summed E-state index contributed by atoms with van der Waals surface area (Å²) in [6.07, 6.45) is 1.62. The van der Waals surface area contributed by atoms with Crippen LogP contribution < -0.4 is 57.2 Å². The Morgan fingerprint density at radius 3 is 1.27 bits per heavy atom. The van der Waals surface area contributed by atoms with Crippen molar-refractivity contribution in [1.82, 2.24) is 47.5 Å². The van der Waals surface area contributed by atoms with E-state index in [2.05, 4.69) is 52.4 Å². The van der Waals surface area contributed by atoms with Crippen molar-refractivity contribution < 1.29 is 71.3 Å². The standard InChI is InChI=1S/C25H25FN4O5.C25H26N4O5.C22H22N4O4/c1-13-12-30-19-17(8-16(9-18(19)26)21(31)27-11-15-6-4-3-5-7-15)10-25(20(30)14(2)35-13)22(32)28-24(34)29-23(25)33;1-14-13-29-19-9-8-17(21(30)26-12-16-6-4-3-5-7-16)10-18(19)11-25(20(29)15(2)34-14)22(31)27-24(33)28-23(25)32;1-12-11-26-17-4-3-15(14-5-7-23-8-6-14)9-16(17)10-22(18(26)13(2)30-12)19(27)24-21(29)25-20(22)28/h3-9,13-14,20H,10-12H2,1-2H3,(H,27,31)(H2,28,29,32,33,34);3-10,14-15,20H,11-13H2,1-2H3,(H,26,30)(H2,27,28,31,32,33);3-9,12-13,18H,10-11H2,1-2H3,(H2,24,25,27,28,29)/t13-,14+,20-;14-,15+,20-;12-,13+,18-/m111/s1. The molecule has 0 bridgehead atoms. The van der Waals surface area contributed by atoms with E-state index in [1.807, 2.05) is 137 Å². The van der Waals surface area contributed by atoms with Crippen LogP contribution >= 0.6 is 0 Å². The second-order valence-corrected chi connectivity index (χ2v) is 26.6. The number of carbonyl (C=O) groups excluding carboxylic acids is 11. The monoisotopic (exact) mass is 1350 g/mol. The maximum atomic E-state index is 15.6. The molecule has 0 unspecified atom stereocenters. The maximum Gasteiger partial charge on any atom is 0.328 e. The van der Waals surface area contributed by atoms with Gasteiger partial charge in [0.15, 0.2) is 16.2 Å². The fourth-order valence-electron chi connectivity index (χ4n) is 16.2. The molecular formula is C72H73FN12O14. The van der Waals surface area contributed by atoms with Gasteiger partial charge in [0.1, 0.15) is 5.82 Å². The molecule has 3 spiro atoms. The number of fused-ring (bicyclic) bond motifs is 12. The first-order chi connectivity index (χ1) is 47.4. The van der Waals surface area contributed by atoms with E-state index in [0.29, 0.717) is 36.3 Å². The molecule has 6 saturated heterocycles. The van der Waals surface area contributed by atoms with E-state index in [0.717, 1.165) is 39.2 Å². The van der Waals surface area contributed by atoms with E-state index in [1.165, 1.54) is 12.1 Å². The Labute approximate surface area is 567 Å². The van der Waals surface area contributed by atoms with Crippen LogP contribution in [-0.2, 0) is 75.3 Å². The number of nitrogens with zero attached hydrogens (tertiary/aromatic N) is 4. The fourth-order valence-corrected chi connectivity index (χ4v) is 16.2. The van der Waals surface area contributed by atoms with Gasteiger partial charge in [0.2, 0.25) is 35.4 Å². The summed E-state index contributed by atoms with van der Waals surface area (Å²) in [6.45, 7) is 13.1. The molecule has 14 amide bonds. The molecule has 99 heavy (non-hydrogen) atoms. The van der Waals surface area contributed by atoms with Gasteiger partial charge in [-0.25, -0.2) is 18.8 Å². The Hall–Kier alpha value is -10.8. The summed E-state index contributed by atoms with van der Waals surface area (Å²) in [4.78, 5) is 150. The van der Waals surface area contributed by atoms with Crippen LogP contribution in [0.2, 0.25) is 0 Å². The van der Waals surface area contributed by atoms with Gasteiger partial charge < -0.3 is 39.5 Å². The Morgan fingerprint density at radius 2 is 0.828 bits per heavy atom. The number of hydrogen-bond acceptors (Lipinski definition) is 18. The zero-order chi connectivity index (χ0) is 70.0. The van der Waals surface area contributed by atoms with Gasteiger partial charge in [-0.1, -0.05) is 66.7 Å². The molecule has 1 aromatic heterocycles. The zero-order valence-corrected chi connectivity index (χ0v) is 54.9. The summed E-state index contributed by atoms with van der Waals surface area (Å²) in [6, 6.07) is 32.4. The largest absolute Gasteiger partial charge is 0.372 e. The third-order valence-corrected chi connectivity index (χ3v) is 20.1. The van der Waals surface area contributed by atoms with Crippen molar-refractivity contribution in [3.8, 4) is 11.1 Å². The summed E-state index contributed by atoms with van der Waals surface area (Å²) >= 11 is 0. The number of pyridine rings is 1. The lowest BCUT2D eigenvalue weighted by molar-refractivity contribution is -0.154. The number of barbiturate groups is 3. The molecule has 8 N–H and O–H groups in total. The van der Waals surface area contributed by atoms with Crippen molar-refractivity contribution in [2.75, 3.05) is 34.3 Å². The summed E-state index contributed by atoms with van der Waals surface area (Å²) in [5, 5.41) is 19.2. The number of carbonyl (C=O) groups is 11. The van der Waals surface area contributed by atoms with E-state index in [-0.39, 0.29) is 73.9 Å². The van der Waals surface area contributed by atoms with Crippen LogP contribution in [0, 0.1) is 22.1 Å². The van der Waals surface area contributed by atoms with Gasteiger partial charge in [-0.3, -0.25) is 75.2 Å². The molecule has 9 atom stereocenters. The van der Waals surface area contributed by atoms with Crippen LogP contribution in [0.25, 0.3) is 11.1 Å². The molecule has 512 valence electrons. The number of aromatic nitrogens is 1. The smallest absolute Gasteiger partial charge is 0.328 e. The average molecular weight is 1350 g/mol. The van der Waals surface area contributed by atoms with E-state index < -0.39 is 112 Å². The van der Waals surface area contributed by atoms with Crippen LogP contribution in [0.5, 0.6) is 0 Å². The number of morpholine rings is 3. The minimum absolute atomic E-state index is 0.0519. The second-order valence-electron chi connectivity index (χ2n) is 26.6. The van der Waals surface area contributed by atoms with Crippen molar-refractivity contribution in [2.45, 2.75) is 129 Å². The van der Waals surface area contributed by atoms with Gasteiger partial charge in [0.05, 0.1) is 60.4 Å².